The molecule has 0 saturated heterocycles. The lowest BCUT2D eigenvalue weighted by atomic mass is 10.2. The molecule has 0 aliphatic carbocycles. The molecule has 0 fully saturated rings. The highest BCUT2D eigenvalue weighted by atomic mass is 16.5. The lowest BCUT2D eigenvalue weighted by Crippen LogP contribution is -1.87. The smallest absolute Gasteiger partial charge is 0.0873 e. The van der Waals surface area contributed by atoms with Crippen LogP contribution in [0.15, 0.2) is 11.8 Å². The highest BCUT2D eigenvalue weighted by Crippen LogP contribution is 1.99. The average molecular weight is 155 g/mol. The summed E-state index contributed by atoms with van der Waals surface area (Å²) in [4.78, 5) is 0. The van der Waals surface area contributed by atoms with Gasteiger partial charge in [0.1, 0.15) is 0 Å². The molecule has 0 aromatic heterocycles. The molecule has 0 amide bonds. The second-order valence-electron chi connectivity index (χ2n) is 2.98. The van der Waals surface area contributed by atoms with E-state index < -0.39 is 0 Å². The molecule has 0 aromatic rings. The number of ether oxygens (including phenoxy) is 1. The zero-order valence-corrected chi connectivity index (χ0v) is 7.73. The Morgan fingerprint density at radius 1 is 1.27 bits per heavy atom. The Balaban J connectivity index is 2.97. The summed E-state index contributed by atoms with van der Waals surface area (Å²) in [5, 5.41) is 0. The SMILES string of the molecule is [CH2]CCCCCOC=C(C)C. The van der Waals surface area contributed by atoms with Crippen LogP contribution in [0.5, 0.6) is 0 Å². The first-order chi connectivity index (χ1) is 5.27. The minimum Gasteiger partial charge on any atom is -0.501 e. The lowest BCUT2D eigenvalue weighted by Gasteiger charge is -2.00. The van der Waals surface area contributed by atoms with Crippen molar-refractivity contribution in [3.63, 3.8) is 0 Å². The van der Waals surface area contributed by atoms with Crippen LogP contribution in [-0.2, 0) is 4.74 Å². The van der Waals surface area contributed by atoms with Crippen molar-refractivity contribution in [2.45, 2.75) is 39.5 Å². The molecule has 0 atom stereocenters. The highest BCUT2D eigenvalue weighted by Gasteiger charge is 1.86. The van der Waals surface area contributed by atoms with Gasteiger partial charge in [-0.05, 0) is 25.8 Å². The van der Waals surface area contributed by atoms with E-state index in [2.05, 4.69) is 6.92 Å². The zero-order valence-electron chi connectivity index (χ0n) is 7.73. The van der Waals surface area contributed by atoms with Crippen LogP contribution in [0.25, 0.3) is 0 Å². The van der Waals surface area contributed by atoms with Crippen molar-refractivity contribution >= 4 is 0 Å². The van der Waals surface area contributed by atoms with E-state index in [1.165, 1.54) is 18.4 Å². The van der Waals surface area contributed by atoms with E-state index in [9.17, 15) is 0 Å². The van der Waals surface area contributed by atoms with Crippen LogP contribution < -0.4 is 0 Å². The van der Waals surface area contributed by atoms with Crippen molar-refractivity contribution < 1.29 is 4.74 Å². The van der Waals surface area contributed by atoms with Crippen molar-refractivity contribution in [3.8, 4) is 0 Å². The monoisotopic (exact) mass is 155 g/mol. The molecule has 0 aliphatic rings. The van der Waals surface area contributed by atoms with Gasteiger partial charge < -0.3 is 4.74 Å². The summed E-state index contributed by atoms with van der Waals surface area (Å²) in [6, 6.07) is 0. The maximum Gasteiger partial charge on any atom is 0.0873 e. The van der Waals surface area contributed by atoms with E-state index in [0.29, 0.717) is 0 Å². The third kappa shape index (κ3) is 9.54. The quantitative estimate of drug-likeness (QED) is 0.422. The number of hydrogen-bond donors (Lipinski definition) is 0. The van der Waals surface area contributed by atoms with Crippen molar-refractivity contribution in [2.24, 2.45) is 0 Å². The second-order valence-corrected chi connectivity index (χ2v) is 2.98. The fourth-order valence-electron chi connectivity index (χ4n) is 0.765. The van der Waals surface area contributed by atoms with Gasteiger partial charge in [-0.25, -0.2) is 0 Å². The summed E-state index contributed by atoms with van der Waals surface area (Å²) in [7, 11) is 0. The second kappa shape index (κ2) is 7.64. The largest absolute Gasteiger partial charge is 0.501 e. The van der Waals surface area contributed by atoms with Gasteiger partial charge in [0.25, 0.3) is 0 Å². The van der Waals surface area contributed by atoms with Gasteiger partial charge >= 0.3 is 0 Å². The molecular weight excluding hydrogens is 136 g/mol. The average Bonchev–Trinajstić information content (AvgIpc) is 1.96. The summed E-state index contributed by atoms with van der Waals surface area (Å²) in [6.45, 7) is 8.71. The Kier molecular flexibility index (Phi) is 7.33. The third-order valence-electron chi connectivity index (χ3n) is 1.33. The van der Waals surface area contributed by atoms with Crippen molar-refractivity contribution in [1.82, 2.24) is 0 Å². The molecular formula is C10H19O. The fraction of sp³-hybridized carbons (Fsp3) is 0.700. The Labute approximate surface area is 70.4 Å². The molecule has 0 rings (SSSR count). The van der Waals surface area contributed by atoms with E-state index in [1.807, 2.05) is 20.1 Å². The van der Waals surface area contributed by atoms with Gasteiger partial charge in [0, 0.05) is 0 Å². The summed E-state index contributed by atoms with van der Waals surface area (Å²) >= 11 is 0. The van der Waals surface area contributed by atoms with Crippen LogP contribution in [-0.4, -0.2) is 6.61 Å². The van der Waals surface area contributed by atoms with Gasteiger partial charge in [-0.15, -0.1) is 0 Å². The van der Waals surface area contributed by atoms with Crippen LogP contribution in [0.2, 0.25) is 0 Å². The molecule has 0 N–H and O–H groups in total. The first-order valence-electron chi connectivity index (χ1n) is 4.31. The predicted molar refractivity (Wildman–Crippen MR) is 49.2 cm³/mol. The van der Waals surface area contributed by atoms with Gasteiger partial charge in [0.15, 0.2) is 0 Å². The van der Waals surface area contributed by atoms with Gasteiger partial charge in [-0.1, -0.05) is 26.2 Å². The molecule has 1 heteroatoms. The Morgan fingerprint density at radius 2 is 2.00 bits per heavy atom. The van der Waals surface area contributed by atoms with Crippen molar-refractivity contribution in [3.05, 3.63) is 18.8 Å². The first kappa shape index (κ1) is 10.5. The molecule has 0 bridgehead atoms. The van der Waals surface area contributed by atoms with Gasteiger partial charge in [0.2, 0.25) is 0 Å². The normalized spacial score (nSPS) is 9.36. The lowest BCUT2D eigenvalue weighted by molar-refractivity contribution is 0.238. The third-order valence-corrected chi connectivity index (χ3v) is 1.33. The molecule has 0 saturated carbocycles. The maximum absolute atomic E-state index is 5.26. The summed E-state index contributed by atoms with van der Waals surface area (Å²) < 4.78 is 5.26. The minimum atomic E-state index is 0.852. The zero-order chi connectivity index (χ0) is 8.53. The molecule has 65 valence electrons. The number of hydrogen-bond acceptors (Lipinski definition) is 1. The van der Waals surface area contributed by atoms with E-state index in [4.69, 9.17) is 4.74 Å². The van der Waals surface area contributed by atoms with Gasteiger partial charge in [-0.3, -0.25) is 0 Å². The fourth-order valence-corrected chi connectivity index (χ4v) is 0.765. The molecule has 0 aromatic carbocycles. The topological polar surface area (TPSA) is 9.23 Å². The summed E-state index contributed by atoms with van der Waals surface area (Å²) in [5.74, 6) is 0. The van der Waals surface area contributed by atoms with E-state index >= 15 is 0 Å². The summed E-state index contributed by atoms with van der Waals surface area (Å²) in [6.07, 6.45) is 6.48. The Bertz CT molecular complexity index is 101. The van der Waals surface area contributed by atoms with Crippen LogP contribution in [0, 0.1) is 6.92 Å². The van der Waals surface area contributed by atoms with E-state index in [0.717, 1.165) is 19.4 Å². The molecule has 11 heavy (non-hydrogen) atoms. The first-order valence-corrected chi connectivity index (χ1v) is 4.31. The van der Waals surface area contributed by atoms with Crippen molar-refractivity contribution in [2.75, 3.05) is 6.61 Å². The Morgan fingerprint density at radius 3 is 2.55 bits per heavy atom. The van der Waals surface area contributed by atoms with E-state index in [1.54, 1.807) is 0 Å². The predicted octanol–water partition coefficient (Wildman–Crippen LogP) is 3.32. The molecule has 0 aliphatic heterocycles. The van der Waals surface area contributed by atoms with Crippen LogP contribution >= 0.6 is 0 Å². The number of rotatable bonds is 6. The molecule has 0 spiro atoms. The van der Waals surface area contributed by atoms with Crippen LogP contribution in [0.1, 0.15) is 39.5 Å². The molecule has 1 radical (unpaired) electrons. The number of allylic oxidation sites excluding steroid dienone is 1. The Hall–Kier alpha value is -0.460. The number of unbranched alkanes of at least 4 members (excludes halogenated alkanes) is 3. The van der Waals surface area contributed by atoms with Crippen LogP contribution in [0.4, 0.5) is 0 Å². The maximum atomic E-state index is 5.26. The minimum absolute atomic E-state index is 0.852. The van der Waals surface area contributed by atoms with Crippen molar-refractivity contribution in [1.29, 1.82) is 0 Å². The molecule has 1 nitrogen and oxygen atoms in total. The van der Waals surface area contributed by atoms with Gasteiger partial charge in [-0.2, -0.15) is 0 Å². The standard InChI is InChI=1S/C10H19O/c1-4-5-6-7-8-11-9-10(2)3/h9H,1,4-8H2,2-3H3. The molecule has 0 unspecified atom stereocenters. The summed E-state index contributed by atoms with van der Waals surface area (Å²) in [5.41, 5.74) is 1.22. The highest BCUT2D eigenvalue weighted by molar-refractivity contribution is 4.86. The van der Waals surface area contributed by atoms with E-state index in [-0.39, 0.29) is 0 Å². The van der Waals surface area contributed by atoms with Crippen LogP contribution in [0.3, 0.4) is 0 Å². The molecule has 0 heterocycles. The van der Waals surface area contributed by atoms with Gasteiger partial charge in [0.05, 0.1) is 12.9 Å².